The second-order valence-electron chi connectivity index (χ2n) is 7.23. The molecule has 0 fully saturated rings. The van der Waals surface area contributed by atoms with Crippen molar-refractivity contribution in [3.8, 4) is 5.69 Å². The number of esters is 1. The van der Waals surface area contributed by atoms with Crippen molar-refractivity contribution in [1.29, 1.82) is 0 Å². The maximum absolute atomic E-state index is 13.1. The highest BCUT2D eigenvalue weighted by molar-refractivity contribution is 5.93. The Balaban J connectivity index is 1.81. The number of para-hydroxylation sites is 1. The first-order valence-corrected chi connectivity index (χ1v) is 9.64. The van der Waals surface area contributed by atoms with Crippen LogP contribution < -0.4 is 11.2 Å². The van der Waals surface area contributed by atoms with Gasteiger partial charge >= 0.3 is 11.7 Å². The van der Waals surface area contributed by atoms with Gasteiger partial charge in [0.05, 0.1) is 11.2 Å². The second kappa shape index (κ2) is 7.87. The number of nitrogens with zero attached hydrogens (tertiary/aromatic N) is 2. The summed E-state index contributed by atoms with van der Waals surface area (Å²) in [7, 11) is 0. The summed E-state index contributed by atoms with van der Waals surface area (Å²) in [6.07, 6.45) is 0. The van der Waals surface area contributed by atoms with Gasteiger partial charge in [0.15, 0.2) is 0 Å². The van der Waals surface area contributed by atoms with Gasteiger partial charge in [-0.25, -0.2) is 14.2 Å². The highest BCUT2D eigenvalue weighted by Gasteiger charge is 2.21. The van der Waals surface area contributed by atoms with E-state index in [2.05, 4.69) is 4.98 Å². The number of nitrogens with one attached hydrogen (secondary N) is 1. The molecule has 0 amide bonds. The molecule has 7 nitrogen and oxygen atoms in total. The molecule has 0 atom stereocenters. The number of aromatic nitrogens is 3. The van der Waals surface area contributed by atoms with Gasteiger partial charge in [-0.2, -0.15) is 0 Å². The van der Waals surface area contributed by atoms with Gasteiger partial charge < -0.3 is 9.72 Å². The molecule has 7 heteroatoms. The van der Waals surface area contributed by atoms with E-state index in [1.807, 2.05) is 50.2 Å². The number of rotatable bonds is 5. The highest BCUT2D eigenvalue weighted by Crippen LogP contribution is 2.17. The molecule has 0 aliphatic rings. The third kappa shape index (κ3) is 3.45. The van der Waals surface area contributed by atoms with Crippen LogP contribution in [-0.2, 0) is 11.3 Å². The molecule has 2 aromatic heterocycles. The molecule has 0 bridgehead atoms. The third-order valence-electron chi connectivity index (χ3n) is 4.83. The summed E-state index contributed by atoms with van der Waals surface area (Å²) in [5.74, 6) is -0.594. The maximum atomic E-state index is 13.1. The van der Waals surface area contributed by atoms with Gasteiger partial charge in [-0.3, -0.25) is 9.36 Å². The van der Waals surface area contributed by atoms with Gasteiger partial charge in [-0.05, 0) is 37.6 Å². The number of hydrogen-bond donors (Lipinski definition) is 1. The molecule has 1 N–H and O–H groups in total. The van der Waals surface area contributed by atoms with Crippen molar-refractivity contribution < 1.29 is 9.53 Å². The van der Waals surface area contributed by atoms with E-state index in [4.69, 9.17) is 4.74 Å². The summed E-state index contributed by atoms with van der Waals surface area (Å²) in [6, 6.07) is 19.3. The minimum absolute atomic E-state index is 0.111. The Hall–Kier alpha value is -3.87. The summed E-state index contributed by atoms with van der Waals surface area (Å²) < 4.78 is 7.97. The van der Waals surface area contributed by atoms with E-state index in [1.165, 1.54) is 10.6 Å². The molecule has 4 rings (SSSR count). The highest BCUT2D eigenvalue weighted by atomic mass is 16.5. The Bertz CT molecular complexity index is 1320. The lowest BCUT2D eigenvalue weighted by molar-refractivity contribution is 0.0467. The number of hydrogen-bond acceptors (Lipinski definition) is 4. The molecule has 2 aromatic carbocycles. The lowest BCUT2D eigenvalue weighted by Crippen LogP contribution is -2.39. The van der Waals surface area contributed by atoms with E-state index in [-0.39, 0.29) is 23.9 Å². The fourth-order valence-corrected chi connectivity index (χ4v) is 3.42. The summed E-state index contributed by atoms with van der Waals surface area (Å²) >= 11 is 0. The number of carbonyl (C=O) groups excluding carboxylic acids is 1. The van der Waals surface area contributed by atoms with Gasteiger partial charge in [0, 0.05) is 6.04 Å². The van der Waals surface area contributed by atoms with Crippen LogP contribution in [0.2, 0.25) is 0 Å². The first-order chi connectivity index (χ1) is 14.5. The van der Waals surface area contributed by atoms with E-state index in [1.54, 1.807) is 24.3 Å². The smallest absolute Gasteiger partial charge is 0.355 e. The Morgan fingerprint density at radius 3 is 2.27 bits per heavy atom. The molecule has 0 aliphatic heterocycles. The lowest BCUT2D eigenvalue weighted by atomic mass is 10.2. The van der Waals surface area contributed by atoms with Crippen molar-refractivity contribution in [2.75, 3.05) is 0 Å². The Morgan fingerprint density at radius 2 is 1.63 bits per heavy atom. The average Bonchev–Trinajstić information content (AvgIpc) is 3.19. The Kier molecular flexibility index (Phi) is 5.10. The van der Waals surface area contributed by atoms with Crippen LogP contribution in [0.4, 0.5) is 0 Å². The average molecular weight is 403 g/mol. The minimum Gasteiger partial charge on any atom is -0.456 e. The van der Waals surface area contributed by atoms with Crippen molar-refractivity contribution in [2.45, 2.75) is 26.5 Å². The minimum atomic E-state index is -0.594. The summed E-state index contributed by atoms with van der Waals surface area (Å²) in [5, 5.41) is 0. The molecule has 30 heavy (non-hydrogen) atoms. The van der Waals surface area contributed by atoms with Crippen LogP contribution in [0.25, 0.3) is 16.7 Å². The van der Waals surface area contributed by atoms with E-state index < -0.39 is 17.2 Å². The van der Waals surface area contributed by atoms with Crippen LogP contribution in [0.1, 0.15) is 35.9 Å². The number of benzene rings is 2. The van der Waals surface area contributed by atoms with E-state index in [0.29, 0.717) is 11.2 Å². The van der Waals surface area contributed by atoms with E-state index in [9.17, 15) is 14.4 Å². The number of fused-ring (bicyclic) bond motifs is 1. The molecule has 0 unspecified atom stereocenters. The number of aromatic amines is 1. The normalized spacial score (nSPS) is 11.2. The van der Waals surface area contributed by atoms with Gasteiger partial charge in [0.2, 0.25) is 0 Å². The van der Waals surface area contributed by atoms with Crippen LogP contribution in [-0.4, -0.2) is 20.1 Å². The number of H-pyrrole nitrogens is 1. The molecule has 0 aliphatic carbocycles. The SMILES string of the molecule is CC(C)n1c(=O)n(-c2ccccc2)c(=O)c2[nH]c(C(=O)OCc3ccccc3)cc21. The van der Waals surface area contributed by atoms with Crippen LogP contribution >= 0.6 is 0 Å². The summed E-state index contributed by atoms with van der Waals surface area (Å²) in [5.41, 5.74) is 1.02. The maximum Gasteiger partial charge on any atom is 0.355 e. The molecular formula is C23H21N3O4. The monoisotopic (exact) mass is 403 g/mol. The fourth-order valence-electron chi connectivity index (χ4n) is 3.42. The van der Waals surface area contributed by atoms with Crippen molar-refractivity contribution >= 4 is 17.0 Å². The molecular weight excluding hydrogens is 382 g/mol. The molecule has 0 radical (unpaired) electrons. The number of ether oxygens (including phenoxy) is 1. The second-order valence-corrected chi connectivity index (χ2v) is 7.23. The predicted octanol–water partition coefficient (Wildman–Crippen LogP) is 3.42. The predicted molar refractivity (Wildman–Crippen MR) is 114 cm³/mol. The van der Waals surface area contributed by atoms with Crippen molar-refractivity contribution in [1.82, 2.24) is 14.1 Å². The molecule has 152 valence electrons. The van der Waals surface area contributed by atoms with Gasteiger partial charge in [0.25, 0.3) is 5.56 Å². The lowest BCUT2D eigenvalue weighted by Gasteiger charge is -2.14. The van der Waals surface area contributed by atoms with E-state index in [0.717, 1.165) is 10.1 Å². The van der Waals surface area contributed by atoms with Gasteiger partial charge in [-0.15, -0.1) is 0 Å². The standard InChI is InChI=1S/C23H21N3O4/c1-15(2)25-19-13-18(22(28)30-14-16-9-5-3-6-10-16)24-20(19)21(27)26(23(25)29)17-11-7-4-8-12-17/h3-13,15,24H,14H2,1-2H3. The zero-order valence-electron chi connectivity index (χ0n) is 16.7. The summed E-state index contributed by atoms with van der Waals surface area (Å²) in [6.45, 7) is 3.81. The Labute approximate surface area is 172 Å². The van der Waals surface area contributed by atoms with E-state index >= 15 is 0 Å². The third-order valence-corrected chi connectivity index (χ3v) is 4.83. The Morgan fingerprint density at radius 1 is 1.00 bits per heavy atom. The molecule has 4 aromatic rings. The van der Waals surface area contributed by atoms with Gasteiger partial charge in [-0.1, -0.05) is 48.5 Å². The first-order valence-electron chi connectivity index (χ1n) is 9.64. The van der Waals surface area contributed by atoms with Crippen molar-refractivity contribution in [3.05, 3.63) is 98.8 Å². The van der Waals surface area contributed by atoms with Gasteiger partial charge in [0.1, 0.15) is 17.8 Å². The van der Waals surface area contributed by atoms with Crippen LogP contribution in [0.3, 0.4) is 0 Å². The zero-order chi connectivity index (χ0) is 21.3. The molecule has 0 spiro atoms. The molecule has 0 saturated heterocycles. The van der Waals surface area contributed by atoms with Crippen LogP contribution in [0, 0.1) is 0 Å². The molecule has 2 heterocycles. The van der Waals surface area contributed by atoms with Crippen molar-refractivity contribution in [3.63, 3.8) is 0 Å². The zero-order valence-corrected chi connectivity index (χ0v) is 16.7. The quantitative estimate of drug-likeness (QED) is 0.518. The first kappa shape index (κ1) is 19.4. The molecule has 0 saturated carbocycles. The van der Waals surface area contributed by atoms with Crippen molar-refractivity contribution in [2.24, 2.45) is 0 Å². The van der Waals surface area contributed by atoms with Crippen LogP contribution in [0.15, 0.2) is 76.3 Å². The van der Waals surface area contributed by atoms with Crippen LogP contribution in [0.5, 0.6) is 0 Å². The summed E-state index contributed by atoms with van der Waals surface area (Å²) in [4.78, 5) is 41.7. The topological polar surface area (TPSA) is 86.1 Å². The fraction of sp³-hybridized carbons (Fsp3) is 0.174. The largest absolute Gasteiger partial charge is 0.456 e. The number of carbonyl (C=O) groups is 1.